The van der Waals surface area contributed by atoms with Crippen molar-refractivity contribution in [3.8, 4) is 17.3 Å². The Balaban J connectivity index is 1.45. The highest BCUT2D eigenvalue weighted by molar-refractivity contribution is 6.36. The van der Waals surface area contributed by atoms with Crippen molar-refractivity contribution in [3.05, 3.63) is 77.0 Å². The van der Waals surface area contributed by atoms with Gasteiger partial charge in [0.25, 0.3) is 5.91 Å². The van der Waals surface area contributed by atoms with Crippen LogP contribution in [0.5, 0.6) is 6.01 Å². The molecule has 0 unspecified atom stereocenters. The van der Waals surface area contributed by atoms with Crippen molar-refractivity contribution >= 4 is 45.0 Å². The van der Waals surface area contributed by atoms with E-state index < -0.39 is 29.4 Å². The second kappa shape index (κ2) is 13.1. The van der Waals surface area contributed by atoms with E-state index in [4.69, 9.17) is 27.6 Å². The van der Waals surface area contributed by atoms with Crippen LogP contribution in [0.4, 0.5) is 19.0 Å². The monoisotopic (exact) mass is 651 g/mol. The first-order chi connectivity index (χ1) is 22.2. The highest BCUT2D eigenvalue weighted by Gasteiger charge is 2.35. The highest BCUT2D eigenvalue weighted by Crippen LogP contribution is 2.38. The molecule has 10 nitrogen and oxygen atoms in total. The summed E-state index contributed by atoms with van der Waals surface area (Å²) in [4.78, 5) is 34.5. The molecule has 2 aromatic carbocycles. The number of likely N-dealkylation sites (N-methyl/N-ethyl adjacent to an activating group) is 1. The van der Waals surface area contributed by atoms with E-state index in [9.17, 15) is 13.6 Å². The third-order valence-electron chi connectivity index (χ3n) is 8.15. The van der Waals surface area contributed by atoms with Crippen LogP contribution in [0.2, 0.25) is 5.02 Å². The van der Waals surface area contributed by atoms with Crippen LogP contribution in [-0.2, 0) is 9.53 Å². The van der Waals surface area contributed by atoms with Crippen LogP contribution >= 0.6 is 11.6 Å². The maximum atomic E-state index is 16.6. The van der Waals surface area contributed by atoms with Gasteiger partial charge in [0.15, 0.2) is 11.6 Å². The lowest BCUT2D eigenvalue weighted by Crippen LogP contribution is -2.56. The molecule has 2 aliphatic heterocycles. The van der Waals surface area contributed by atoms with Gasteiger partial charge in [-0.2, -0.15) is 9.97 Å². The van der Waals surface area contributed by atoms with E-state index >= 15 is 4.39 Å². The SMILES string of the molecule is [C-]#[N+]C[C@H]1CN(c2nc(OC[C@H]3CN(C)CCO3)nc3c(F)c(-c4cccc5ccc(F)c(Cl)c45)ncc23)CCN1C(=O)C(=C)F. The van der Waals surface area contributed by atoms with Crippen molar-refractivity contribution in [2.75, 3.05) is 64.4 Å². The summed E-state index contributed by atoms with van der Waals surface area (Å²) in [6.45, 7) is 12.8. The molecular weight excluding hydrogens is 623 g/mol. The Morgan fingerprint density at radius 3 is 2.78 bits per heavy atom. The van der Waals surface area contributed by atoms with Gasteiger partial charge in [-0.15, -0.1) is 0 Å². The molecule has 2 aromatic heterocycles. The molecule has 46 heavy (non-hydrogen) atoms. The zero-order chi connectivity index (χ0) is 32.5. The molecule has 0 bridgehead atoms. The van der Waals surface area contributed by atoms with Gasteiger partial charge in [-0.1, -0.05) is 42.4 Å². The Morgan fingerprint density at radius 1 is 1.20 bits per heavy atom. The van der Waals surface area contributed by atoms with Crippen LogP contribution in [0.1, 0.15) is 0 Å². The average molecular weight is 652 g/mol. The summed E-state index contributed by atoms with van der Waals surface area (Å²) < 4.78 is 56.7. The van der Waals surface area contributed by atoms with Crippen molar-refractivity contribution in [3.63, 3.8) is 0 Å². The number of carbonyl (C=O) groups is 1. The van der Waals surface area contributed by atoms with E-state index in [0.29, 0.717) is 23.9 Å². The number of hydrogen-bond donors (Lipinski definition) is 0. The molecule has 0 spiro atoms. The van der Waals surface area contributed by atoms with Crippen LogP contribution in [0.25, 0.3) is 37.8 Å². The van der Waals surface area contributed by atoms with Crippen molar-refractivity contribution < 1.29 is 27.4 Å². The van der Waals surface area contributed by atoms with Gasteiger partial charge in [-0.3, -0.25) is 9.78 Å². The van der Waals surface area contributed by atoms with Crippen LogP contribution in [0.15, 0.2) is 48.9 Å². The lowest BCUT2D eigenvalue weighted by atomic mass is 10.0. The lowest BCUT2D eigenvalue weighted by molar-refractivity contribution is -0.131. The van der Waals surface area contributed by atoms with E-state index in [2.05, 4.69) is 31.3 Å². The van der Waals surface area contributed by atoms with Gasteiger partial charge in [-0.05, 0) is 18.5 Å². The van der Waals surface area contributed by atoms with E-state index in [1.165, 1.54) is 17.2 Å². The molecular formula is C32H29ClF3N7O3. The van der Waals surface area contributed by atoms with E-state index in [0.717, 1.165) is 6.54 Å². The third-order valence-corrected chi connectivity index (χ3v) is 8.52. The summed E-state index contributed by atoms with van der Waals surface area (Å²) in [5.41, 5.74) is 0.0770. The maximum Gasteiger partial charge on any atom is 0.319 e. The number of fused-ring (bicyclic) bond motifs is 2. The molecule has 0 N–H and O–H groups in total. The summed E-state index contributed by atoms with van der Waals surface area (Å²) in [5.74, 6) is -3.18. The summed E-state index contributed by atoms with van der Waals surface area (Å²) in [5, 5.41) is 0.991. The van der Waals surface area contributed by atoms with E-state index in [1.54, 1.807) is 29.2 Å². The van der Waals surface area contributed by atoms with Gasteiger partial charge < -0.3 is 29.0 Å². The molecule has 1 amide bonds. The molecule has 238 valence electrons. The van der Waals surface area contributed by atoms with Crippen molar-refractivity contribution in [1.29, 1.82) is 0 Å². The van der Waals surface area contributed by atoms with E-state index in [1.807, 2.05) is 7.05 Å². The fourth-order valence-corrected chi connectivity index (χ4v) is 6.16. The molecule has 4 aromatic rings. The molecule has 6 rings (SSSR count). The molecule has 2 atom stereocenters. The topological polar surface area (TPSA) is 88.3 Å². The van der Waals surface area contributed by atoms with Crippen LogP contribution in [0.3, 0.4) is 0 Å². The predicted molar refractivity (Wildman–Crippen MR) is 167 cm³/mol. The Labute approximate surface area is 267 Å². The molecule has 0 aliphatic carbocycles. The second-order valence-electron chi connectivity index (χ2n) is 11.2. The molecule has 4 heterocycles. The first kappa shape index (κ1) is 31.5. The Morgan fingerprint density at radius 2 is 2.02 bits per heavy atom. The molecule has 2 aliphatic rings. The van der Waals surface area contributed by atoms with Crippen LogP contribution in [-0.4, -0.2) is 102 Å². The van der Waals surface area contributed by atoms with Gasteiger partial charge in [-0.25, -0.2) is 19.7 Å². The Kier molecular flexibility index (Phi) is 8.95. The Hall–Kier alpha value is -4.51. The number of nitrogens with zero attached hydrogens (tertiary/aromatic N) is 7. The minimum Gasteiger partial charge on any atom is -0.461 e. The molecule has 2 saturated heterocycles. The number of morpholine rings is 1. The Bertz CT molecular complexity index is 1890. The molecule has 0 saturated carbocycles. The standard InChI is InChI=1S/C32H29ClF3N7O3/c1-18(34)31(44)43-10-9-42(15-20(43)13-37-2)30-23-14-38-28(22-6-4-5-19-7-8-24(35)26(33)25(19)22)27(36)29(23)39-32(40-30)46-17-21-16-41(3)11-12-45-21/h4-8,14,20-21H,1,9-13,15-17H2,3H3/t20-,21+/m0/s1. The van der Waals surface area contributed by atoms with Crippen molar-refractivity contribution in [1.82, 2.24) is 24.8 Å². The van der Waals surface area contributed by atoms with Gasteiger partial charge in [0.1, 0.15) is 41.6 Å². The average Bonchev–Trinajstić information content (AvgIpc) is 3.05. The highest BCUT2D eigenvalue weighted by atomic mass is 35.5. The first-order valence-corrected chi connectivity index (χ1v) is 14.9. The normalized spacial score (nSPS) is 19.0. The number of carbonyl (C=O) groups excluding carboxylic acids is 1. The largest absolute Gasteiger partial charge is 0.461 e. The smallest absolute Gasteiger partial charge is 0.319 e. The first-order valence-electron chi connectivity index (χ1n) is 14.6. The number of benzene rings is 2. The quantitative estimate of drug-likeness (QED) is 0.206. The van der Waals surface area contributed by atoms with Crippen molar-refractivity contribution in [2.24, 2.45) is 0 Å². The van der Waals surface area contributed by atoms with Crippen LogP contribution in [0, 0.1) is 18.2 Å². The lowest BCUT2D eigenvalue weighted by Gasteiger charge is -2.39. The molecule has 0 radical (unpaired) electrons. The second-order valence-corrected chi connectivity index (χ2v) is 11.6. The third kappa shape index (κ3) is 6.03. The number of piperazine rings is 1. The minimum atomic E-state index is -1.12. The maximum absolute atomic E-state index is 16.6. The summed E-state index contributed by atoms with van der Waals surface area (Å²) in [7, 11) is 1.97. The molecule has 2 fully saturated rings. The molecule has 14 heteroatoms. The van der Waals surface area contributed by atoms with E-state index in [-0.39, 0.29) is 77.9 Å². The fraction of sp³-hybridized carbons (Fsp3) is 0.344. The number of pyridine rings is 1. The number of halogens is 4. The van der Waals surface area contributed by atoms with Gasteiger partial charge >= 0.3 is 6.01 Å². The predicted octanol–water partition coefficient (Wildman–Crippen LogP) is 4.91. The fourth-order valence-electron chi connectivity index (χ4n) is 5.89. The number of amides is 1. The van der Waals surface area contributed by atoms with Gasteiger partial charge in [0.2, 0.25) is 6.54 Å². The van der Waals surface area contributed by atoms with Crippen LogP contribution < -0.4 is 9.64 Å². The minimum absolute atomic E-state index is 0.0694. The number of ether oxygens (including phenoxy) is 2. The number of anilines is 1. The zero-order valence-corrected chi connectivity index (χ0v) is 25.6. The van der Waals surface area contributed by atoms with Gasteiger partial charge in [0.05, 0.1) is 17.0 Å². The number of rotatable bonds is 7. The zero-order valence-electron chi connectivity index (χ0n) is 24.8. The summed E-state index contributed by atoms with van der Waals surface area (Å²) >= 11 is 6.35. The summed E-state index contributed by atoms with van der Waals surface area (Å²) in [6.07, 6.45) is 1.15. The number of hydrogen-bond acceptors (Lipinski definition) is 8. The number of aromatic nitrogens is 3. The van der Waals surface area contributed by atoms with Crippen molar-refractivity contribution in [2.45, 2.75) is 12.1 Å². The van der Waals surface area contributed by atoms with Gasteiger partial charge in [0, 0.05) is 49.9 Å². The summed E-state index contributed by atoms with van der Waals surface area (Å²) in [6, 6.07) is 7.04.